The first kappa shape index (κ1) is 9.59. The molecule has 0 atom stereocenters. The Morgan fingerprint density at radius 2 is 2.07 bits per heavy atom. The molecule has 0 fully saturated rings. The lowest BCUT2D eigenvalue weighted by Gasteiger charge is -2.34. The summed E-state index contributed by atoms with van der Waals surface area (Å²) in [5.74, 6) is -0.391. The molecule has 14 heavy (non-hydrogen) atoms. The summed E-state index contributed by atoms with van der Waals surface area (Å²) >= 11 is 5.67. The van der Waals surface area contributed by atoms with Crippen LogP contribution < -0.4 is 10.6 Å². The first-order valence-corrected chi connectivity index (χ1v) is 4.87. The van der Waals surface area contributed by atoms with Crippen LogP contribution in [0.3, 0.4) is 0 Å². The molecular formula is C10H12ClFN2. The molecule has 0 bridgehead atoms. The van der Waals surface area contributed by atoms with Gasteiger partial charge in [-0.1, -0.05) is 11.6 Å². The number of fused-ring (bicyclic) bond motifs is 1. The van der Waals surface area contributed by atoms with Gasteiger partial charge in [0, 0.05) is 18.2 Å². The number of benzene rings is 1. The van der Waals surface area contributed by atoms with E-state index in [0.29, 0.717) is 0 Å². The predicted octanol–water partition coefficient (Wildman–Crippen LogP) is 3.10. The number of hydrogen-bond acceptors (Lipinski definition) is 2. The second-order valence-electron chi connectivity index (χ2n) is 4.17. The van der Waals surface area contributed by atoms with Crippen molar-refractivity contribution in [2.45, 2.75) is 19.4 Å². The molecule has 1 aliphatic heterocycles. The fourth-order valence-corrected chi connectivity index (χ4v) is 1.69. The Balaban J connectivity index is 2.43. The molecule has 0 aliphatic carbocycles. The summed E-state index contributed by atoms with van der Waals surface area (Å²) in [6.45, 7) is 4.90. The highest BCUT2D eigenvalue weighted by Crippen LogP contribution is 2.33. The van der Waals surface area contributed by atoms with Crippen LogP contribution in [0.15, 0.2) is 12.1 Å². The third-order valence-electron chi connectivity index (χ3n) is 2.25. The van der Waals surface area contributed by atoms with Crippen LogP contribution in [0.1, 0.15) is 13.8 Å². The van der Waals surface area contributed by atoms with Gasteiger partial charge >= 0.3 is 0 Å². The number of anilines is 2. The maximum absolute atomic E-state index is 13.2. The Morgan fingerprint density at radius 1 is 1.36 bits per heavy atom. The maximum Gasteiger partial charge on any atom is 0.143 e. The van der Waals surface area contributed by atoms with Gasteiger partial charge in [-0.3, -0.25) is 0 Å². The number of nitrogens with one attached hydrogen (secondary N) is 2. The fraction of sp³-hybridized carbons (Fsp3) is 0.400. The molecule has 1 aromatic carbocycles. The highest BCUT2D eigenvalue weighted by atomic mass is 35.5. The van der Waals surface area contributed by atoms with Crippen molar-refractivity contribution in [1.29, 1.82) is 0 Å². The third kappa shape index (κ3) is 1.64. The molecule has 0 saturated heterocycles. The lowest BCUT2D eigenvalue weighted by Crippen LogP contribution is -2.42. The van der Waals surface area contributed by atoms with E-state index in [1.165, 1.54) is 6.07 Å². The normalized spacial score (nSPS) is 18.0. The molecule has 2 rings (SSSR count). The van der Waals surface area contributed by atoms with Crippen LogP contribution in [0.25, 0.3) is 0 Å². The largest absolute Gasteiger partial charge is 0.381 e. The third-order valence-corrected chi connectivity index (χ3v) is 2.54. The molecule has 0 radical (unpaired) electrons. The van der Waals surface area contributed by atoms with Gasteiger partial charge in [-0.05, 0) is 19.9 Å². The molecule has 0 saturated carbocycles. The van der Waals surface area contributed by atoms with E-state index in [1.807, 2.05) is 0 Å². The average Bonchev–Trinajstić information content (AvgIpc) is 2.07. The quantitative estimate of drug-likeness (QED) is 0.694. The molecule has 76 valence electrons. The minimum Gasteiger partial charge on any atom is -0.381 e. The molecular weight excluding hydrogens is 203 g/mol. The molecule has 0 spiro atoms. The smallest absolute Gasteiger partial charge is 0.143 e. The lowest BCUT2D eigenvalue weighted by molar-refractivity contribution is 0.584. The second kappa shape index (κ2) is 3.02. The van der Waals surface area contributed by atoms with Gasteiger partial charge in [-0.15, -0.1) is 0 Å². The monoisotopic (exact) mass is 214 g/mol. The topological polar surface area (TPSA) is 24.1 Å². The highest BCUT2D eigenvalue weighted by molar-refractivity contribution is 6.31. The van der Waals surface area contributed by atoms with Gasteiger partial charge in [0.05, 0.1) is 16.4 Å². The van der Waals surface area contributed by atoms with Crippen molar-refractivity contribution in [2.24, 2.45) is 0 Å². The Morgan fingerprint density at radius 3 is 2.79 bits per heavy atom. The fourth-order valence-electron chi connectivity index (χ4n) is 1.52. The van der Waals surface area contributed by atoms with Gasteiger partial charge in [0.15, 0.2) is 0 Å². The van der Waals surface area contributed by atoms with Crippen molar-refractivity contribution in [3.8, 4) is 0 Å². The molecule has 0 amide bonds. The lowest BCUT2D eigenvalue weighted by atomic mass is 10.0. The van der Waals surface area contributed by atoms with Gasteiger partial charge in [0.2, 0.25) is 0 Å². The number of hydrogen-bond donors (Lipinski definition) is 2. The SMILES string of the molecule is CC1(C)CNc2cc(Cl)c(F)cc2N1. The van der Waals surface area contributed by atoms with Gasteiger partial charge in [-0.25, -0.2) is 4.39 Å². The first-order valence-electron chi connectivity index (χ1n) is 4.49. The summed E-state index contributed by atoms with van der Waals surface area (Å²) in [7, 11) is 0. The zero-order valence-electron chi connectivity index (χ0n) is 8.12. The predicted molar refractivity (Wildman–Crippen MR) is 57.6 cm³/mol. The Labute approximate surface area is 87.5 Å². The van der Waals surface area contributed by atoms with E-state index < -0.39 is 5.82 Å². The standard InChI is InChI=1S/C10H12ClFN2/c1-10(2)5-13-8-3-6(11)7(12)4-9(8)14-10/h3-4,13-14H,5H2,1-2H3. The molecule has 2 N–H and O–H groups in total. The Bertz CT molecular complexity index is 377. The van der Waals surface area contributed by atoms with Crippen LogP contribution in [0.2, 0.25) is 5.02 Å². The van der Waals surface area contributed by atoms with Crippen LogP contribution in [-0.4, -0.2) is 12.1 Å². The van der Waals surface area contributed by atoms with E-state index in [-0.39, 0.29) is 10.6 Å². The molecule has 1 aliphatic rings. The average molecular weight is 215 g/mol. The zero-order valence-corrected chi connectivity index (χ0v) is 8.87. The number of halogens is 2. The summed E-state index contributed by atoms with van der Waals surface area (Å²) in [6, 6.07) is 3.03. The first-order chi connectivity index (χ1) is 6.48. The van der Waals surface area contributed by atoms with Gasteiger partial charge < -0.3 is 10.6 Å². The maximum atomic E-state index is 13.2. The van der Waals surface area contributed by atoms with Crippen molar-refractivity contribution in [1.82, 2.24) is 0 Å². The van der Waals surface area contributed by atoms with E-state index in [9.17, 15) is 4.39 Å². The van der Waals surface area contributed by atoms with Crippen molar-refractivity contribution >= 4 is 23.0 Å². The van der Waals surface area contributed by atoms with E-state index in [2.05, 4.69) is 24.5 Å². The van der Waals surface area contributed by atoms with Crippen LogP contribution in [0.4, 0.5) is 15.8 Å². The van der Waals surface area contributed by atoms with E-state index >= 15 is 0 Å². The molecule has 1 heterocycles. The van der Waals surface area contributed by atoms with E-state index in [1.54, 1.807) is 6.07 Å². The minimum absolute atomic E-state index is 0.0622. The van der Waals surface area contributed by atoms with Crippen LogP contribution in [-0.2, 0) is 0 Å². The van der Waals surface area contributed by atoms with Crippen molar-refractivity contribution < 1.29 is 4.39 Å². The molecule has 4 heteroatoms. The van der Waals surface area contributed by atoms with Gasteiger partial charge in [0.1, 0.15) is 5.82 Å². The summed E-state index contributed by atoms with van der Waals surface area (Å²) < 4.78 is 13.2. The summed E-state index contributed by atoms with van der Waals surface area (Å²) in [4.78, 5) is 0. The minimum atomic E-state index is -0.391. The summed E-state index contributed by atoms with van der Waals surface area (Å²) in [5, 5.41) is 6.60. The van der Waals surface area contributed by atoms with Gasteiger partial charge in [0.25, 0.3) is 0 Å². The molecule has 1 aromatic rings. The van der Waals surface area contributed by atoms with Gasteiger partial charge in [-0.2, -0.15) is 0 Å². The van der Waals surface area contributed by atoms with E-state index in [4.69, 9.17) is 11.6 Å². The molecule has 0 aromatic heterocycles. The van der Waals surface area contributed by atoms with Crippen molar-refractivity contribution in [3.05, 3.63) is 23.0 Å². The Kier molecular flexibility index (Phi) is 2.07. The molecule has 0 unspecified atom stereocenters. The summed E-state index contributed by atoms with van der Waals surface area (Å²) in [5.41, 5.74) is 1.56. The van der Waals surface area contributed by atoms with Crippen molar-refractivity contribution in [2.75, 3.05) is 17.2 Å². The Hall–Kier alpha value is -0.960. The van der Waals surface area contributed by atoms with Crippen LogP contribution >= 0.6 is 11.6 Å². The van der Waals surface area contributed by atoms with Crippen molar-refractivity contribution in [3.63, 3.8) is 0 Å². The van der Waals surface area contributed by atoms with Crippen LogP contribution in [0.5, 0.6) is 0 Å². The highest BCUT2D eigenvalue weighted by Gasteiger charge is 2.24. The summed E-state index contributed by atoms with van der Waals surface area (Å²) in [6.07, 6.45) is 0. The molecule has 2 nitrogen and oxygen atoms in total. The van der Waals surface area contributed by atoms with Crippen LogP contribution in [0, 0.1) is 5.82 Å². The van der Waals surface area contributed by atoms with E-state index in [0.717, 1.165) is 17.9 Å². The second-order valence-corrected chi connectivity index (χ2v) is 4.58. The number of rotatable bonds is 0. The zero-order chi connectivity index (χ0) is 10.3.